The van der Waals surface area contributed by atoms with E-state index in [-0.39, 0.29) is 6.10 Å². The van der Waals surface area contributed by atoms with Crippen LogP contribution in [0.4, 0.5) is 0 Å². The zero-order valence-electron chi connectivity index (χ0n) is 10.3. The van der Waals surface area contributed by atoms with Gasteiger partial charge in [0.2, 0.25) is 0 Å². The summed E-state index contributed by atoms with van der Waals surface area (Å²) < 4.78 is 11.4. The Morgan fingerprint density at radius 1 is 1.41 bits per heavy atom. The minimum absolute atomic E-state index is 0.264. The zero-order chi connectivity index (χ0) is 11.7. The lowest BCUT2D eigenvalue weighted by molar-refractivity contribution is 0.115. The maximum atomic E-state index is 5.81. The summed E-state index contributed by atoms with van der Waals surface area (Å²) in [5.41, 5.74) is 0. The van der Waals surface area contributed by atoms with Crippen LogP contribution in [0.25, 0.3) is 0 Å². The molecule has 1 aromatic heterocycles. The van der Waals surface area contributed by atoms with Crippen molar-refractivity contribution in [2.45, 2.75) is 50.7 Å². The molecule has 1 aliphatic heterocycles. The fourth-order valence-corrected chi connectivity index (χ4v) is 2.39. The van der Waals surface area contributed by atoms with Gasteiger partial charge in [0.25, 0.3) is 0 Å². The fraction of sp³-hybridized carbons (Fsp3) is 0.769. The molecule has 0 aromatic carbocycles. The second-order valence-electron chi connectivity index (χ2n) is 5.11. The lowest BCUT2D eigenvalue weighted by Crippen LogP contribution is -2.19. The van der Waals surface area contributed by atoms with Gasteiger partial charge >= 0.3 is 0 Å². The number of oxazole rings is 1. The third-order valence-electron chi connectivity index (χ3n) is 3.66. The Morgan fingerprint density at radius 3 is 3.00 bits per heavy atom. The van der Waals surface area contributed by atoms with Crippen LogP contribution >= 0.6 is 0 Å². The molecule has 4 heteroatoms. The quantitative estimate of drug-likeness (QED) is 0.847. The van der Waals surface area contributed by atoms with Gasteiger partial charge < -0.3 is 14.5 Å². The highest BCUT2D eigenvalue weighted by Gasteiger charge is 2.29. The van der Waals surface area contributed by atoms with E-state index in [0.717, 1.165) is 43.7 Å². The predicted octanol–water partition coefficient (Wildman–Crippen LogP) is 1.86. The highest BCUT2D eigenvalue weighted by molar-refractivity contribution is 5.06. The van der Waals surface area contributed by atoms with E-state index < -0.39 is 0 Å². The number of hydrogen-bond donors (Lipinski definition) is 1. The molecule has 1 saturated heterocycles. The first kappa shape index (κ1) is 11.2. The highest BCUT2D eigenvalue weighted by atomic mass is 16.5. The van der Waals surface area contributed by atoms with E-state index >= 15 is 0 Å². The summed E-state index contributed by atoms with van der Waals surface area (Å²) in [7, 11) is 0. The van der Waals surface area contributed by atoms with Crippen LogP contribution in [0.5, 0.6) is 0 Å². The fourth-order valence-electron chi connectivity index (χ4n) is 2.39. The van der Waals surface area contributed by atoms with Gasteiger partial charge in [-0.2, -0.15) is 0 Å². The minimum atomic E-state index is 0.264. The molecule has 2 fully saturated rings. The average Bonchev–Trinajstić information content (AvgIpc) is 2.85. The number of nitrogens with one attached hydrogen (secondary N) is 1. The van der Waals surface area contributed by atoms with Crippen molar-refractivity contribution in [2.75, 3.05) is 13.2 Å². The van der Waals surface area contributed by atoms with E-state index in [1.54, 1.807) is 0 Å². The number of nitrogens with zero attached hydrogens (tertiary/aromatic N) is 1. The topological polar surface area (TPSA) is 47.3 Å². The van der Waals surface area contributed by atoms with Crippen molar-refractivity contribution in [3.05, 3.63) is 17.8 Å². The zero-order valence-corrected chi connectivity index (χ0v) is 10.3. The van der Waals surface area contributed by atoms with Crippen LogP contribution in [0.3, 0.4) is 0 Å². The Balaban J connectivity index is 1.53. The van der Waals surface area contributed by atoms with Crippen molar-refractivity contribution in [1.29, 1.82) is 0 Å². The van der Waals surface area contributed by atoms with Gasteiger partial charge in [0.15, 0.2) is 5.89 Å². The molecule has 2 heterocycles. The van der Waals surface area contributed by atoms with Gasteiger partial charge in [-0.1, -0.05) is 0 Å². The van der Waals surface area contributed by atoms with E-state index in [2.05, 4.69) is 17.2 Å². The van der Waals surface area contributed by atoms with Crippen molar-refractivity contribution < 1.29 is 9.15 Å². The van der Waals surface area contributed by atoms with E-state index in [4.69, 9.17) is 9.15 Å². The van der Waals surface area contributed by atoms with Gasteiger partial charge in [-0.05, 0) is 26.2 Å². The Bertz CT molecular complexity index is 373. The lowest BCUT2D eigenvalue weighted by Gasteiger charge is -2.09. The second kappa shape index (κ2) is 4.78. The second-order valence-corrected chi connectivity index (χ2v) is 5.11. The first-order valence-electron chi connectivity index (χ1n) is 6.62. The van der Waals surface area contributed by atoms with Crippen LogP contribution in [-0.4, -0.2) is 30.3 Å². The molecule has 0 amide bonds. The highest BCUT2D eigenvalue weighted by Crippen LogP contribution is 2.31. The Morgan fingerprint density at radius 2 is 2.29 bits per heavy atom. The molecule has 1 saturated carbocycles. The van der Waals surface area contributed by atoms with Crippen LogP contribution in [0.15, 0.2) is 10.6 Å². The van der Waals surface area contributed by atoms with Crippen molar-refractivity contribution in [3.8, 4) is 0 Å². The molecular weight excluding hydrogens is 216 g/mol. The van der Waals surface area contributed by atoms with Crippen molar-refractivity contribution in [1.82, 2.24) is 10.3 Å². The number of rotatable bonds is 5. The number of hydrogen-bond acceptors (Lipinski definition) is 4. The van der Waals surface area contributed by atoms with Crippen LogP contribution in [0.1, 0.15) is 43.8 Å². The van der Waals surface area contributed by atoms with Crippen molar-refractivity contribution >= 4 is 0 Å². The van der Waals surface area contributed by atoms with Gasteiger partial charge in [0.1, 0.15) is 5.76 Å². The Hall–Kier alpha value is -0.870. The molecule has 0 bridgehead atoms. The molecule has 0 spiro atoms. The smallest absolute Gasteiger partial charge is 0.195 e. The third kappa shape index (κ3) is 2.69. The summed E-state index contributed by atoms with van der Waals surface area (Å²) in [5.74, 6) is 2.25. The molecule has 1 aliphatic carbocycles. The largest absolute Gasteiger partial charge is 0.445 e. The molecule has 94 valence electrons. The molecule has 1 N–H and O–H groups in total. The monoisotopic (exact) mass is 236 g/mol. The molecule has 3 rings (SSSR count). The first-order valence-corrected chi connectivity index (χ1v) is 6.62. The summed E-state index contributed by atoms with van der Waals surface area (Å²) in [4.78, 5) is 4.35. The van der Waals surface area contributed by atoms with E-state index in [1.807, 2.05) is 6.20 Å². The number of ether oxygens (including phenoxy) is 1. The summed E-state index contributed by atoms with van der Waals surface area (Å²) in [6.45, 7) is 3.92. The van der Waals surface area contributed by atoms with Crippen LogP contribution in [-0.2, 0) is 11.2 Å². The normalized spacial score (nSPS) is 28.8. The molecule has 17 heavy (non-hydrogen) atoms. The summed E-state index contributed by atoms with van der Waals surface area (Å²) in [6, 6.07) is 0.757. The molecule has 4 nitrogen and oxygen atoms in total. The Labute approximate surface area is 102 Å². The van der Waals surface area contributed by atoms with E-state index in [9.17, 15) is 0 Å². The molecule has 2 aliphatic rings. The molecule has 0 radical (unpaired) electrons. The van der Waals surface area contributed by atoms with Gasteiger partial charge in [0.05, 0.1) is 12.3 Å². The SMILES string of the molecule is CC1OCCC1c1cnc(CCNC2CC2)o1. The van der Waals surface area contributed by atoms with E-state index in [0.29, 0.717) is 5.92 Å². The Kier molecular flexibility index (Phi) is 3.16. The predicted molar refractivity (Wildman–Crippen MR) is 64.0 cm³/mol. The van der Waals surface area contributed by atoms with Crippen molar-refractivity contribution in [3.63, 3.8) is 0 Å². The van der Waals surface area contributed by atoms with Gasteiger partial charge in [-0.25, -0.2) is 4.98 Å². The summed E-state index contributed by atoms with van der Waals surface area (Å²) in [6.07, 6.45) is 6.73. The first-order chi connectivity index (χ1) is 8.33. The van der Waals surface area contributed by atoms with Crippen LogP contribution < -0.4 is 5.32 Å². The number of aromatic nitrogens is 1. The van der Waals surface area contributed by atoms with Crippen LogP contribution in [0.2, 0.25) is 0 Å². The molecule has 2 unspecified atom stereocenters. The van der Waals surface area contributed by atoms with Crippen molar-refractivity contribution in [2.24, 2.45) is 0 Å². The maximum Gasteiger partial charge on any atom is 0.195 e. The molecular formula is C13H20N2O2. The van der Waals surface area contributed by atoms with Gasteiger partial charge in [-0.15, -0.1) is 0 Å². The maximum absolute atomic E-state index is 5.81. The summed E-state index contributed by atoms with van der Waals surface area (Å²) in [5, 5.41) is 3.47. The molecule has 1 aromatic rings. The lowest BCUT2D eigenvalue weighted by atomic mass is 10.0. The van der Waals surface area contributed by atoms with Crippen LogP contribution in [0, 0.1) is 0 Å². The minimum Gasteiger partial charge on any atom is -0.445 e. The van der Waals surface area contributed by atoms with Gasteiger partial charge in [0, 0.05) is 31.5 Å². The third-order valence-corrected chi connectivity index (χ3v) is 3.66. The van der Waals surface area contributed by atoms with Gasteiger partial charge in [-0.3, -0.25) is 0 Å². The van der Waals surface area contributed by atoms with E-state index in [1.165, 1.54) is 12.8 Å². The molecule has 2 atom stereocenters. The average molecular weight is 236 g/mol. The standard InChI is InChI=1S/C13H20N2O2/c1-9-11(5-7-16-9)12-8-15-13(17-12)4-6-14-10-2-3-10/h8-11,14H,2-7H2,1H3. The summed E-state index contributed by atoms with van der Waals surface area (Å²) >= 11 is 0.